The number of carboxylic acid groups (broad SMARTS) is 1. The topological polar surface area (TPSA) is 37.3 Å². The lowest BCUT2D eigenvalue weighted by Gasteiger charge is -1.99. The molecule has 0 saturated heterocycles. The highest BCUT2D eigenvalue weighted by atomic mass is 127. The SMILES string of the molecule is O=C(O)c1cccc(Br)c1I. The molecule has 2 nitrogen and oxygen atoms in total. The van der Waals surface area contributed by atoms with Gasteiger partial charge in [-0.1, -0.05) is 6.07 Å². The van der Waals surface area contributed by atoms with Crippen LogP contribution >= 0.6 is 38.5 Å². The monoisotopic (exact) mass is 326 g/mol. The maximum Gasteiger partial charge on any atom is 0.336 e. The van der Waals surface area contributed by atoms with Gasteiger partial charge in [-0.2, -0.15) is 0 Å². The average molecular weight is 327 g/mol. The van der Waals surface area contributed by atoms with Crippen LogP contribution in [0.2, 0.25) is 0 Å². The van der Waals surface area contributed by atoms with Crippen LogP contribution in [0, 0.1) is 3.57 Å². The Balaban J connectivity index is 3.27. The van der Waals surface area contributed by atoms with Crippen molar-refractivity contribution < 1.29 is 9.90 Å². The van der Waals surface area contributed by atoms with Crippen LogP contribution in [-0.4, -0.2) is 11.1 Å². The van der Waals surface area contributed by atoms with Gasteiger partial charge in [0.05, 0.1) is 5.56 Å². The Hall–Kier alpha value is -0.100. The van der Waals surface area contributed by atoms with Gasteiger partial charge in [-0.15, -0.1) is 0 Å². The summed E-state index contributed by atoms with van der Waals surface area (Å²) in [6.07, 6.45) is 0. The number of hydrogen-bond acceptors (Lipinski definition) is 1. The van der Waals surface area contributed by atoms with Crippen molar-refractivity contribution in [2.45, 2.75) is 0 Å². The molecule has 0 saturated carbocycles. The molecule has 0 aliphatic carbocycles. The Morgan fingerprint density at radius 2 is 2.18 bits per heavy atom. The zero-order valence-electron chi connectivity index (χ0n) is 5.34. The normalized spacial score (nSPS) is 9.64. The largest absolute Gasteiger partial charge is 0.478 e. The summed E-state index contributed by atoms with van der Waals surface area (Å²) in [6.45, 7) is 0. The van der Waals surface area contributed by atoms with E-state index in [1.165, 1.54) is 0 Å². The van der Waals surface area contributed by atoms with E-state index in [0.29, 0.717) is 5.56 Å². The fraction of sp³-hybridized carbons (Fsp3) is 0. The summed E-state index contributed by atoms with van der Waals surface area (Å²) >= 11 is 5.24. The molecule has 1 N–H and O–H groups in total. The first kappa shape index (κ1) is 8.99. The van der Waals surface area contributed by atoms with Gasteiger partial charge < -0.3 is 5.11 Å². The Labute approximate surface area is 85.9 Å². The van der Waals surface area contributed by atoms with E-state index in [4.69, 9.17) is 5.11 Å². The maximum absolute atomic E-state index is 10.5. The molecule has 58 valence electrons. The maximum atomic E-state index is 10.5. The van der Waals surface area contributed by atoms with Crippen LogP contribution in [0.1, 0.15) is 10.4 Å². The molecule has 0 amide bonds. The quantitative estimate of drug-likeness (QED) is 0.806. The minimum Gasteiger partial charge on any atom is -0.478 e. The Kier molecular flexibility index (Phi) is 2.89. The molecule has 1 aromatic rings. The van der Waals surface area contributed by atoms with E-state index in [-0.39, 0.29) is 0 Å². The van der Waals surface area contributed by atoms with Crippen molar-refractivity contribution in [2.24, 2.45) is 0 Å². The predicted octanol–water partition coefficient (Wildman–Crippen LogP) is 2.75. The van der Waals surface area contributed by atoms with Crippen LogP contribution in [0.25, 0.3) is 0 Å². The van der Waals surface area contributed by atoms with Gasteiger partial charge in [0.15, 0.2) is 0 Å². The highest BCUT2D eigenvalue weighted by Gasteiger charge is 2.08. The molecule has 0 spiro atoms. The zero-order chi connectivity index (χ0) is 8.43. The minimum atomic E-state index is -0.893. The number of hydrogen-bond donors (Lipinski definition) is 1. The van der Waals surface area contributed by atoms with Crippen LogP contribution in [0.15, 0.2) is 22.7 Å². The Morgan fingerprint density at radius 3 is 2.64 bits per heavy atom. The lowest BCUT2D eigenvalue weighted by molar-refractivity contribution is 0.0695. The molecule has 0 aromatic heterocycles. The number of aromatic carboxylic acids is 1. The molecule has 0 fully saturated rings. The third-order valence-electron chi connectivity index (χ3n) is 1.18. The summed E-state index contributed by atoms with van der Waals surface area (Å²) in [4.78, 5) is 10.5. The Bertz CT molecular complexity index is 298. The molecular weight excluding hydrogens is 323 g/mol. The molecule has 0 heterocycles. The van der Waals surface area contributed by atoms with Crippen molar-refractivity contribution in [2.75, 3.05) is 0 Å². The standard InChI is InChI=1S/C7H4BrIO2/c8-5-3-1-2-4(6(5)9)7(10)11/h1-3H,(H,10,11). The molecule has 4 heteroatoms. The van der Waals surface area contributed by atoms with Gasteiger partial charge in [0.1, 0.15) is 0 Å². The molecule has 0 aliphatic heterocycles. The molecule has 0 bridgehead atoms. The first-order chi connectivity index (χ1) is 5.13. The van der Waals surface area contributed by atoms with Crippen molar-refractivity contribution in [3.05, 3.63) is 31.8 Å². The van der Waals surface area contributed by atoms with Crippen molar-refractivity contribution in [3.8, 4) is 0 Å². The van der Waals surface area contributed by atoms with E-state index < -0.39 is 5.97 Å². The van der Waals surface area contributed by atoms with Crippen molar-refractivity contribution in [3.63, 3.8) is 0 Å². The number of benzene rings is 1. The van der Waals surface area contributed by atoms with Crippen molar-refractivity contribution in [1.82, 2.24) is 0 Å². The third-order valence-corrected chi connectivity index (χ3v) is 3.75. The predicted molar refractivity (Wildman–Crippen MR) is 53.8 cm³/mol. The second-order valence-electron chi connectivity index (χ2n) is 1.91. The smallest absolute Gasteiger partial charge is 0.336 e. The number of carboxylic acids is 1. The van der Waals surface area contributed by atoms with Gasteiger partial charge in [0.2, 0.25) is 0 Å². The second kappa shape index (κ2) is 3.53. The Morgan fingerprint density at radius 1 is 1.55 bits per heavy atom. The van der Waals surface area contributed by atoms with E-state index >= 15 is 0 Å². The zero-order valence-corrected chi connectivity index (χ0v) is 9.09. The molecular formula is C7H4BrIO2. The van der Waals surface area contributed by atoms with E-state index in [1.54, 1.807) is 12.1 Å². The average Bonchev–Trinajstić information content (AvgIpc) is 1.94. The van der Waals surface area contributed by atoms with Crippen molar-refractivity contribution >= 4 is 44.5 Å². The van der Waals surface area contributed by atoms with E-state index in [1.807, 2.05) is 28.7 Å². The molecule has 11 heavy (non-hydrogen) atoms. The highest BCUT2D eigenvalue weighted by molar-refractivity contribution is 14.1. The first-order valence-electron chi connectivity index (χ1n) is 2.80. The summed E-state index contributed by atoms with van der Waals surface area (Å²) in [5.74, 6) is -0.893. The summed E-state index contributed by atoms with van der Waals surface area (Å²) in [7, 11) is 0. The fourth-order valence-electron chi connectivity index (χ4n) is 0.669. The van der Waals surface area contributed by atoms with Crippen molar-refractivity contribution in [1.29, 1.82) is 0 Å². The van der Waals surface area contributed by atoms with Gasteiger partial charge >= 0.3 is 5.97 Å². The summed E-state index contributed by atoms with van der Waals surface area (Å²) in [5, 5.41) is 8.66. The summed E-state index contributed by atoms with van der Waals surface area (Å²) in [5.41, 5.74) is 0.333. The summed E-state index contributed by atoms with van der Waals surface area (Å²) in [6, 6.07) is 5.10. The summed E-state index contributed by atoms with van der Waals surface area (Å²) < 4.78 is 1.55. The first-order valence-corrected chi connectivity index (χ1v) is 4.67. The van der Waals surface area contributed by atoms with Crippen LogP contribution < -0.4 is 0 Å². The fourth-order valence-corrected chi connectivity index (χ4v) is 1.63. The minimum absolute atomic E-state index is 0.333. The molecule has 0 atom stereocenters. The van der Waals surface area contributed by atoms with E-state index in [2.05, 4.69) is 15.9 Å². The highest BCUT2D eigenvalue weighted by Crippen LogP contribution is 2.22. The number of rotatable bonds is 1. The van der Waals surface area contributed by atoms with E-state index in [0.717, 1.165) is 8.04 Å². The lowest BCUT2D eigenvalue weighted by atomic mass is 10.2. The van der Waals surface area contributed by atoms with Gasteiger partial charge in [-0.3, -0.25) is 0 Å². The van der Waals surface area contributed by atoms with Gasteiger partial charge in [-0.25, -0.2) is 4.79 Å². The second-order valence-corrected chi connectivity index (χ2v) is 3.84. The molecule has 1 aromatic carbocycles. The van der Waals surface area contributed by atoms with Gasteiger partial charge in [0, 0.05) is 8.04 Å². The molecule has 1 rings (SSSR count). The van der Waals surface area contributed by atoms with Gasteiger partial charge in [0.25, 0.3) is 0 Å². The molecule has 0 radical (unpaired) electrons. The van der Waals surface area contributed by atoms with Crippen LogP contribution in [-0.2, 0) is 0 Å². The van der Waals surface area contributed by atoms with Crippen LogP contribution in [0.3, 0.4) is 0 Å². The molecule has 0 unspecified atom stereocenters. The van der Waals surface area contributed by atoms with E-state index in [9.17, 15) is 4.79 Å². The number of halogens is 2. The van der Waals surface area contributed by atoms with Crippen LogP contribution in [0.5, 0.6) is 0 Å². The third kappa shape index (κ3) is 1.93. The molecule has 0 aliphatic rings. The van der Waals surface area contributed by atoms with Crippen LogP contribution in [0.4, 0.5) is 0 Å². The number of carbonyl (C=O) groups is 1. The van der Waals surface area contributed by atoms with Gasteiger partial charge in [-0.05, 0) is 50.7 Å². The lowest BCUT2D eigenvalue weighted by Crippen LogP contribution is -1.99.